The Hall–Kier alpha value is -3.74. The van der Waals surface area contributed by atoms with Crippen LogP contribution in [0.3, 0.4) is 0 Å². The molecular weight excluding hydrogens is 460 g/mol. The molecule has 0 saturated carbocycles. The molecule has 0 unspecified atom stereocenters. The maximum atomic E-state index is 14.0. The number of fused-ring (bicyclic) bond motifs is 1. The summed E-state index contributed by atoms with van der Waals surface area (Å²) in [5, 5.41) is 6.11. The molecule has 2 amide bonds. The van der Waals surface area contributed by atoms with Crippen molar-refractivity contribution in [2.75, 3.05) is 18.0 Å². The maximum Gasteiger partial charge on any atom is 0.254 e. The van der Waals surface area contributed by atoms with Crippen LogP contribution in [0.5, 0.6) is 0 Å². The van der Waals surface area contributed by atoms with Crippen LogP contribution in [0, 0.1) is 11.6 Å². The SMILES string of the molecule is O=C(NC1CCN(c2ccccc2C(=O)N[C@@H]2CCCc3ccccc32)CC1)c1ccc(F)cc1F. The number of benzene rings is 3. The number of aryl methyl sites for hydroxylation is 1. The van der Waals surface area contributed by atoms with Crippen LogP contribution in [0.15, 0.2) is 66.7 Å². The fraction of sp³-hybridized carbons (Fsp3) is 0.310. The average Bonchev–Trinajstić information content (AvgIpc) is 2.89. The lowest BCUT2D eigenvalue weighted by molar-refractivity contribution is 0.0923. The minimum absolute atomic E-state index is 0.00307. The number of amides is 2. The summed E-state index contributed by atoms with van der Waals surface area (Å²) in [6, 6.07) is 18.7. The molecule has 1 fully saturated rings. The summed E-state index contributed by atoms with van der Waals surface area (Å²) in [6.45, 7) is 1.29. The zero-order valence-corrected chi connectivity index (χ0v) is 20.0. The molecule has 3 aromatic carbocycles. The molecule has 0 spiro atoms. The van der Waals surface area contributed by atoms with E-state index in [-0.39, 0.29) is 23.6 Å². The predicted octanol–water partition coefficient (Wildman–Crippen LogP) is 5.17. The van der Waals surface area contributed by atoms with Gasteiger partial charge in [-0.3, -0.25) is 9.59 Å². The number of hydrogen-bond acceptors (Lipinski definition) is 3. The summed E-state index contributed by atoms with van der Waals surface area (Å²) in [5.74, 6) is -2.22. The zero-order valence-electron chi connectivity index (χ0n) is 20.0. The minimum atomic E-state index is -0.870. The number of halogens is 2. The van der Waals surface area contributed by atoms with E-state index in [1.807, 2.05) is 36.4 Å². The molecule has 1 saturated heterocycles. The third-order valence-electron chi connectivity index (χ3n) is 7.17. The monoisotopic (exact) mass is 489 g/mol. The first-order valence-electron chi connectivity index (χ1n) is 12.5. The normalized spacial score (nSPS) is 17.8. The topological polar surface area (TPSA) is 61.4 Å². The molecule has 7 heteroatoms. The number of carbonyl (C=O) groups excluding carboxylic acids is 2. The van der Waals surface area contributed by atoms with Gasteiger partial charge in [0.2, 0.25) is 0 Å². The molecule has 5 nitrogen and oxygen atoms in total. The van der Waals surface area contributed by atoms with E-state index in [9.17, 15) is 18.4 Å². The highest BCUT2D eigenvalue weighted by molar-refractivity contribution is 6.00. The second-order valence-corrected chi connectivity index (χ2v) is 9.49. The Morgan fingerprint density at radius 3 is 2.33 bits per heavy atom. The van der Waals surface area contributed by atoms with Crippen molar-refractivity contribution in [3.05, 3.63) is 101 Å². The lowest BCUT2D eigenvalue weighted by atomic mass is 9.87. The van der Waals surface area contributed by atoms with E-state index in [4.69, 9.17) is 0 Å². The van der Waals surface area contributed by atoms with Gasteiger partial charge in [-0.2, -0.15) is 0 Å². The number of nitrogens with zero attached hydrogens (tertiary/aromatic N) is 1. The van der Waals surface area contributed by atoms with Gasteiger partial charge in [0.25, 0.3) is 11.8 Å². The summed E-state index contributed by atoms with van der Waals surface area (Å²) in [4.78, 5) is 28.0. The first-order valence-corrected chi connectivity index (χ1v) is 12.5. The fourth-order valence-corrected chi connectivity index (χ4v) is 5.28. The van der Waals surface area contributed by atoms with Gasteiger partial charge in [0, 0.05) is 30.9 Å². The molecule has 2 N–H and O–H groups in total. The molecule has 0 bridgehead atoms. The predicted molar refractivity (Wildman–Crippen MR) is 135 cm³/mol. The molecule has 186 valence electrons. The number of rotatable bonds is 5. The van der Waals surface area contributed by atoms with E-state index in [0.717, 1.165) is 37.1 Å². The number of hydrogen-bond donors (Lipinski definition) is 2. The van der Waals surface area contributed by atoms with E-state index in [1.165, 1.54) is 11.1 Å². The van der Waals surface area contributed by atoms with Crippen LogP contribution in [0.25, 0.3) is 0 Å². The number of piperidine rings is 1. The minimum Gasteiger partial charge on any atom is -0.371 e. The molecule has 0 aromatic heterocycles. The van der Waals surface area contributed by atoms with Crippen LogP contribution in [-0.2, 0) is 6.42 Å². The highest BCUT2D eigenvalue weighted by Crippen LogP contribution is 2.31. The largest absolute Gasteiger partial charge is 0.371 e. The van der Waals surface area contributed by atoms with Gasteiger partial charge in [-0.1, -0.05) is 36.4 Å². The van der Waals surface area contributed by atoms with Crippen LogP contribution < -0.4 is 15.5 Å². The molecule has 36 heavy (non-hydrogen) atoms. The summed E-state index contributed by atoms with van der Waals surface area (Å²) in [7, 11) is 0. The number of nitrogens with one attached hydrogen (secondary N) is 2. The fourth-order valence-electron chi connectivity index (χ4n) is 5.28. The molecule has 1 aliphatic heterocycles. The van der Waals surface area contributed by atoms with Gasteiger partial charge in [0.05, 0.1) is 17.2 Å². The second-order valence-electron chi connectivity index (χ2n) is 9.49. The van der Waals surface area contributed by atoms with Crippen molar-refractivity contribution in [2.45, 2.75) is 44.2 Å². The van der Waals surface area contributed by atoms with Crippen LogP contribution in [0.1, 0.15) is 63.6 Å². The van der Waals surface area contributed by atoms with Gasteiger partial charge in [-0.25, -0.2) is 8.78 Å². The van der Waals surface area contributed by atoms with E-state index < -0.39 is 17.5 Å². The van der Waals surface area contributed by atoms with E-state index in [2.05, 4.69) is 27.7 Å². The van der Waals surface area contributed by atoms with E-state index in [1.54, 1.807) is 0 Å². The summed E-state index contributed by atoms with van der Waals surface area (Å²) in [5.41, 5.74) is 3.84. The highest BCUT2D eigenvalue weighted by atomic mass is 19.1. The van der Waals surface area contributed by atoms with Crippen LogP contribution >= 0.6 is 0 Å². The highest BCUT2D eigenvalue weighted by Gasteiger charge is 2.27. The summed E-state index contributed by atoms with van der Waals surface area (Å²) in [6.07, 6.45) is 4.31. The van der Waals surface area contributed by atoms with Crippen molar-refractivity contribution in [1.29, 1.82) is 0 Å². The smallest absolute Gasteiger partial charge is 0.254 e. The molecular formula is C29H29F2N3O2. The van der Waals surface area contributed by atoms with Crippen molar-refractivity contribution in [3.63, 3.8) is 0 Å². The van der Waals surface area contributed by atoms with Gasteiger partial charge in [0.1, 0.15) is 11.6 Å². The van der Waals surface area contributed by atoms with Gasteiger partial charge >= 0.3 is 0 Å². The van der Waals surface area contributed by atoms with Crippen molar-refractivity contribution < 1.29 is 18.4 Å². The van der Waals surface area contributed by atoms with Crippen molar-refractivity contribution in [3.8, 4) is 0 Å². The standard InChI is InChI=1S/C29H29F2N3O2/c30-20-12-13-23(25(31)18-20)28(35)32-21-14-16-34(17-15-21)27-11-4-3-9-24(27)29(36)33-26-10-5-7-19-6-1-2-8-22(19)26/h1-4,6,8-9,11-13,18,21,26H,5,7,10,14-17H2,(H,32,35)(H,33,36)/t26-/m1/s1. The Morgan fingerprint density at radius 1 is 0.806 bits per heavy atom. The lowest BCUT2D eigenvalue weighted by Gasteiger charge is -2.35. The Balaban J connectivity index is 1.23. The number of anilines is 1. The van der Waals surface area contributed by atoms with Gasteiger partial charge in [-0.15, -0.1) is 0 Å². The Labute approximate surface area is 209 Å². The zero-order chi connectivity index (χ0) is 25.1. The Kier molecular flexibility index (Phi) is 6.98. The second kappa shape index (κ2) is 10.5. The van der Waals surface area contributed by atoms with Crippen molar-refractivity contribution in [2.24, 2.45) is 0 Å². The number of para-hydroxylation sites is 1. The van der Waals surface area contributed by atoms with Crippen LogP contribution in [-0.4, -0.2) is 30.9 Å². The quantitative estimate of drug-likeness (QED) is 0.520. The lowest BCUT2D eigenvalue weighted by Crippen LogP contribution is -2.45. The molecule has 5 rings (SSSR count). The van der Waals surface area contributed by atoms with Crippen LogP contribution in [0.4, 0.5) is 14.5 Å². The number of carbonyl (C=O) groups is 2. The molecule has 3 aromatic rings. The molecule has 1 heterocycles. The van der Waals surface area contributed by atoms with Gasteiger partial charge in [-0.05, 0) is 67.5 Å². The molecule has 0 radical (unpaired) electrons. The molecule has 1 atom stereocenters. The van der Waals surface area contributed by atoms with Gasteiger partial charge in [0.15, 0.2) is 0 Å². The summed E-state index contributed by atoms with van der Waals surface area (Å²) < 4.78 is 27.1. The maximum absolute atomic E-state index is 14.0. The third kappa shape index (κ3) is 5.10. The first kappa shape index (κ1) is 24.0. The Bertz CT molecular complexity index is 1270. The van der Waals surface area contributed by atoms with E-state index >= 15 is 0 Å². The van der Waals surface area contributed by atoms with E-state index in [0.29, 0.717) is 37.6 Å². The summed E-state index contributed by atoms with van der Waals surface area (Å²) >= 11 is 0. The average molecular weight is 490 g/mol. The van der Waals surface area contributed by atoms with Crippen molar-refractivity contribution in [1.82, 2.24) is 10.6 Å². The first-order chi connectivity index (χ1) is 17.5. The van der Waals surface area contributed by atoms with Gasteiger partial charge < -0.3 is 15.5 Å². The van der Waals surface area contributed by atoms with Crippen LogP contribution in [0.2, 0.25) is 0 Å². The Morgan fingerprint density at radius 2 is 1.53 bits per heavy atom. The van der Waals surface area contributed by atoms with Crippen molar-refractivity contribution >= 4 is 17.5 Å². The molecule has 2 aliphatic rings. The molecule has 1 aliphatic carbocycles. The third-order valence-corrected chi connectivity index (χ3v) is 7.17.